The van der Waals surface area contributed by atoms with Gasteiger partial charge in [0.05, 0.1) is 6.42 Å². The number of hydrogen-bond donors (Lipinski definition) is 1. The Bertz CT molecular complexity index is 568. The van der Waals surface area contributed by atoms with Crippen LogP contribution in [0.25, 0.3) is 0 Å². The van der Waals surface area contributed by atoms with Gasteiger partial charge in [-0.2, -0.15) is 0 Å². The summed E-state index contributed by atoms with van der Waals surface area (Å²) in [6.45, 7) is 2.13. The number of unbranched alkanes of at least 4 members (excludes halogenated alkanes) is 1. The molecule has 0 aliphatic heterocycles. The van der Waals surface area contributed by atoms with Crippen molar-refractivity contribution in [3.8, 4) is 0 Å². The van der Waals surface area contributed by atoms with Crippen molar-refractivity contribution in [1.29, 1.82) is 0 Å². The predicted octanol–water partition coefficient (Wildman–Crippen LogP) is 3.72. The van der Waals surface area contributed by atoms with Gasteiger partial charge in [-0.25, -0.2) is 0 Å². The van der Waals surface area contributed by atoms with E-state index in [1.807, 2.05) is 12.1 Å². The lowest BCUT2D eigenvalue weighted by molar-refractivity contribution is -0.115. The van der Waals surface area contributed by atoms with Gasteiger partial charge in [-0.05, 0) is 24.1 Å². The molecule has 1 N–H and O–H groups in total. The van der Waals surface area contributed by atoms with Crippen LogP contribution in [0.15, 0.2) is 24.3 Å². The summed E-state index contributed by atoms with van der Waals surface area (Å²) in [5.41, 5.74) is 0.919. The summed E-state index contributed by atoms with van der Waals surface area (Å²) in [5, 5.41) is 13.0. The van der Waals surface area contributed by atoms with E-state index >= 15 is 0 Å². The van der Waals surface area contributed by atoms with Crippen molar-refractivity contribution in [2.75, 3.05) is 5.32 Å². The molecule has 1 aromatic heterocycles. The number of hydrogen-bond acceptors (Lipinski definition) is 4. The zero-order valence-electron chi connectivity index (χ0n) is 11.2. The Morgan fingerprint density at radius 1 is 1.30 bits per heavy atom. The molecule has 106 valence electrons. The van der Waals surface area contributed by atoms with Gasteiger partial charge >= 0.3 is 0 Å². The van der Waals surface area contributed by atoms with E-state index in [4.69, 9.17) is 11.6 Å². The molecule has 4 nitrogen and oxygen atoms in total. The molecule has 0 spiro atoms. The summed E-state index contributed by atoms with van der Waals surface area (Å²) in [6.07, 6.45) is 3.44. The zero-order chi connectivity index (χ0) is 14.4. The number of aromatic nitrogens is 2. The number of nitrogens with one attached hydrogen (secondary N) is 1. The Morgan fingerprint density at radius 2 is 2.05 bits per heavy atom. The molecule has 1 aromatic carbocycles. The molecule has 0 saturated heterocycles. The summed E-state index contributed by atoms with van der Waals surface area (Å²) in [7, 11) is 0. The minimum atomic E-state index is -0.0921. The highest BCUT2D eigenvalue weighted by molar-refractivity contribution is 7.15. The summed E-state index contributed by atoms with van der Waals surface area (Å²) in [4.78, 5) is 11.9. The van der Waals surface area contributed by atoms with Crippen LogP contribution in [0.1, 0.15) is 30.3 Å². The quantitative estimate of drug-likeness (QED) is 0.885. The fourth-order valence-electron chi connectivity index (χ4n) is 1.68. The number of benzene rings is 1. The molecule has 0 unspecified atom stereocenters. The van der Waals surface area contributed by atoms with E-state index in [1.54, 1.807) is 12.1 Å². The molecule has 0 atom stereocenters. The van der Waals surface area contributed by atoms with Crippen LogP contribution in [-0.4, -0.2) is 16.1 Å². The average Bonchev–Trinajstić information content (AvgIpc) is 2.86. The van der Waals surface area contributed by atoms with E-state index in [9.17, 15) is 4.79 Å². The van der Waals surface area contributed by atoms with Crippen LogP contribution in [-0.2, 0) is 17.6 Å². The van der Waals surface area contributed by atoms with Crippen molar-refractivity contribution in [3.63, 3.8) is 0 Å². The standard InChI is InChI=1S/C14H16ClN3OS/c1-2-3-4-13-17-18-14(20-13)16-12(19)9-10-5-7-11(15)8-6-10/h5-8H,2-4,9H2,1H3,(H,16,18,19). The number of carbonyl (C=O) groups excluding carboxylic acids is 1. The molecule has 6 heteroatoms. The van der Waals surface area contributed by atoms with Crippen molar-refractivity contribution < 1.29 is 4.79 Å². The van der Waals surface area contributed by atoms with Gasteiger partial charge in [0.15, 0.2) is 0 Å². The summed E-state index contributed by atoms with van der Waals surface area (Å²) in [5.74, 6) is -0.0921. The van der Waals surface area contributed by atoms with Gasteiger partial charge < -0.3 is 5.32 Å². The molecule has 0 saturated carbocycles. The number of anilines is 1. The van der Waals surface area contributed by atoms with Crippen LogP contribution in [0.5, 0.6) is 0 Å². The van der Waals surface area contributed by atoms with E-state index in [0.29, 0.717) is 16.6 Å². The Kier molecular flexibility index (Phi) is 5.49. The molecule has 0 radical (unpaired) electrons. The van der Waals surface area contributed by atoms with Gasteiger partial charge in [-0.1, -0.05) is 48.4 Å². The van der Waals surface area contributed by atoms with E-state index in [1.165, 1.54) is 11.3 Å². The number of nitrogens with zero attached hydrogens (tertiary/aromatic N) is 2. The molecular formula is C14H16ClN3OS. The number of rotatable bonds is 6. The third-order valence-corrected chi connectivity index (χ3v) is 3.89. The molecule has 0 aliphatic carbocycles. The van der Waals surface area contributed by atoms with Gasteiger partial charge in [0.2, 0.25) is 11.0 Å². The second-order valence-corrected chi connectivity index (χ2v) is 5.95. The van der Waals surface area contributed by atoms with Crippen LogP contribution in [0.3, 0.4) is 0 Å². The van der Waals surface area contributed by atoms with Crippen molar-refractivity contribution >= 4 is 34.0 Å². The summed E-state index contributed by atoms with van der Waals surface area (Å²) < 4.78 is 0. The second kappa shape index (κ2) is 7.36. The van der Waals surface area contributed by atoms with Crippen molar-refractivity contribution in [2.24, 2.45) is 0 Å². The van der Waals surface area contributed by atoms with Gasteiger partial charge in [-0.15, -0.1) is 10.2 Å². The first-order chi connectivity index (χ1) is 9.67. The van der Waals surface area contributed by atoms with Gasteiger partial charge in [0, 0.05) is 11.4 Å². The molecule has 20 heavy (non-hydrogen) atoms. The molecule has 2 rings (SSSR count). The lowest BCUT2D eigenvalue weighted by Gasteiger charge is -2.01. The highest BCUT2D eigenvalue weighted by Gasteiger charge is 2.08. The van der Waals surface area contributed by atoms with Gasteiger partial charge in [-0.3, -0.25) is 4.79 Å². The Hall–Kier alpha value is -1.46. The minimum Gasteiger partial charge on any atom is -0.300 e. The largest absolute Gasteiger partial charge is 0.300 e. The molecule has 2 aromatic rings. The number of halogens is 1. The topological polar surface area (TPSA) is 54.9 Å². The SMILES string of the molecule is CCCCc1nnc(NC(=O)Cc2ccc(Cl)cc2)s1. The molecule has 1 heterocycles. The molecular weight excluding hydrogens is 294 g/mol. The van der Waals surface area contributed by atoms with Gasteiger partial charge in [0.25, 0.3) is 0 Å². The van der Waals surface area contributed by atoms with Crippen LogP contribution in [0, 0.1) is 0 Å². The summed E-state index contributed by atoms with van der Waals surface area (Å²) >= 11 is 7.24. The minimum absolute atomic E-state index is 0.0921. The van der Waals surface area contributed by atoms with Crippen LogP contribution in [0.4, 0.5) is 5.13 Å². The highest BCUT2D eigenvalue weighted by Crippen LogP contribution is 2.17. The third kappa shape index (κ3) is 4.58. The van der Waals surface area contributed by atoms with Crippen LogP contribution in [0.2, 0.25) is 5.02 Å². The molecule has 1 amide bonds. The van der Waals surface area contributed by atoms with Crippen molar-refractivity contribution in [1.82, 2.24) is 10.2 Å². The fraction of sp³-hybridized carbons (Fsp3) is 0.357. The second-order valence-electron chi connectivity index (χ2n) is 4.46. The average molecular weight is 310 g/mol. The maximum atomic E-state index is 11.9. The van der Waals surface area contributed by atoms with E-state index < -0.39 is 0 Å². The van der Waals surface area contributed by atoms with E-state index in [0.717, 1.165) is 29.8 Å². The maximum Gasteiger partial charge on any atom is 0.230 e. The summed E-state index contributed by atoms with van der Waals surface area (Å²) in [6, 6.07) is 7.24. The van der Waals surface area contributed by atoms with E-state index in [2.05, 4.69) is 22.4 Å². The van der Waals surface area contributed by atoms with E-state index in [-0.39, 0.29) is 5.91 Å². The predicted molar refractivity (Wildman–Crippen MR) is 82.3 cm³/mol. The van der Waals surface area contributed by atoms with Crippen LogP contribution < -0.4 is 5.32 Å². The Balaban J connectivity index is 1.87. The number of carbonyl (C=O) groups is 1. The smallest absolute Gasteiger partial charge is 0.230 e. The number of amides is 1. The lowest BCUT2D eigenvalue weighted by Crippen LogP contribution is -2.14. The first kappa shape index (κ1) is 14.9. The van der Waals surface area contributed by atoms with Crippen molar-refractivity contribution in [3.05, 3.63) is 39.9 Å². The highest BCUT2D eigenvalue weighted by atomic mass is 35.5. The molecule has 0 aliphatic rings. The van der Waals surface area contributed by atoms with Crippen LogP contribution >= 0.6 is 22.9 Å². The molecule has 0 fully saturated rings. The zero-order valence-corrected chi connectivity index (χ0v) is 12.8. The Labute approximate surface area is 127 Å². The lowest BCUT2D eigenvalue weighted by atomic mass is 10.1. The molecule has 0 bridgehead atoms. The number of aryl methyl sites for hydroxylation is 1. The fourth-order valence-corrected chi connectivity index (χ4v) is 2.61. The normalized spacial score (nSPS) is 10.5. The monoisotopic (exact) mass is 309 g/mol. The first-order valence-corrected chi connectivity index (χ1v) is 7.73. The maximum absolute atomic E-state index is 11.9. The first-order valence-electron chi connectivity index (χ1n) is 6.54. The van der Waals surface area contributed by atoms with Crippen molar-refractivity contribution in [2.45, 2.75) is 32.6 Å². The third-order valence-electron chi connectivity index (χ3n) is 2.74. The Morgan fingerprint density at radius 3 is 2.75 bits per heavy atom. The van der Waals surface area contributed by atoms with Gasteiger partial charge in [0.1, 0.15) is 5.01 Å².